The minimum absolute atomic E-state index is 0.00536. The lowest BCUT2D eigenvalue weighted by Crippen LogP contribution is -2.64. The highest BCUT2D eigenvalue weighted by Crippen LogP contribution is 2.64. The van der Waals surface area contributed by atoms with Gasteiger partial charge in [-0.3, -0.25) is 0 Å². The van der Waals surface area contributed by atoms with Crippen LogP contribution in [0, 0.1) is 0 Å². The second-order valence-corrected chi connectivity index (χ2v) is 37.1. The Morgan fingerprint density at radius 1 is 0.293 bits per heavy atom. The van der Waals surface area contributed by atoms with Crippen molar-refractivity contribution in [2.24, 2.45) is 0 Å². The Hall–Kier alpha value is -9.94. The smallest absolute Gasteiger partial charge is 0.145 e. The molecular formula is C94H92N2O2Si. The largest absolute Gasteiger partial charge is 0.455 e. The van der Waals surface area contributed by atoms with Crippen molar-refractivity contribution < 1.29 is 8.83 Å². The van der Waals surface area contributed by atoms with Crippen LogP contribution < -0.4 is 25.4 Å². The number of nitrogens with zero attached hydrogens (tertiary/aromatic N) is 2. The van der Waals surface area contributed by atoms with Crippen LogP contribution in [0.3, 0.4) is 0 Å². The quantitative estimate of drug-likeness (QED) is 0.0954. The first-order chi connectivity index (χ1) is 47.1. The van der Waals surface area contributed by atoms with E-state index in [1.54, 1.807) is 0 Å². The van der Waals surface area contributed by atoms with Crippen molar-refractivity contribution in [2.45, 2.75) is 143 Å². The molecule has 99 heavy (non-hydrogen) atoms. The highest BCUT2D eigenvalue weighted by atomic mass is 28.3. The molecule has 0 N–H and O–H groups in total. The first-order valence-electron chi connectivity index (χ1n) is 35.5. The Kier molecular flexibility index (Phi) is 15.5. The first kappa shape index (κ1) is 65.0. The molecule has 2 heterocycles. The molecule has 12 aromatic carbocycles. The van der Waals surface area contributed by atoms with E-state index in [1.807, 2.05) is 0 Å². The molecule has 0 unspecified atom stereocenters. The van der Waals surface area contributed by atoms with Gasteiger partial charge in [-0.25, -0.2) is 0 Å². The van der Waals surface area contributed by atoms with E-state index in [4.69, 9.17) is 8.83 Å². The zero-order valence-corrected chi connectivity index (χ0v) is 61.6. The Morgan fingerprint density at radius 2 is 0.556 bits per heavy atom. The summed E-state index contributed by atoms with van der Waals surface area (Å²) in [6.07, 6.45) is 0. The molecule has 1 aliphatic carbocycles. The van der Waals surface area contributed by atoms with Gasteiger partial charge in [0.2, 0.25) is 0 Å². The summed E-state index contributed by atoms with van der Waals surface area (Å²) in [5.74, 6) is 0. The fourth-order valence-electron chi connectivity index (χ4n) is 15.7. The van der Waals surface area contributed by atoms with E-state index in [0.717, 1.165) is 111 Å². The summed E-state index contributed by atoms with van der Waals surface area (Å²) < 4.78 is 15.5. The Bertz CT molecular complexity index is 5050. The Morgan fingerprint density at radius 3 is 0.879 bits per heavy atom. The van der Waals surface area contributed by atoms with E-state index < -0.39 is 13.5 Å². The maximum Gasteiger partial charge on any atom is 0.145 e. The summed E-state index contributed by atoms with van der Waals surface area (Å²) in [6.45, 7) is 37.1. The topological polar surface area (TPSA) is 32.8 Å². The van der Waals surface area contributed by atoms with Crippen molar-refractivity contribution in [3.8, 4) is 11.1 Å². The van der Waals surface area contributed by atoms with Gasteiger partial charge in [-0.1, -0.05) is 305 Å². The molecule has 0 spiro atoms. The van der Waals surface area contributed by atoms with E-state index in [1.165, 1.54) is 43.4 Å². The summed E-state index contributed by atoms with van der Waals surface area (Å²) >= 11 is 0. The number of fused-ring (bicyclic) bond motifs is 11. The van der Waals surface area contributed by atoms with Crippen LogP contribution in [0.25, 0.3) is 55.0 Å². The van der Waals surface area contributed by atoms with Crippen LogP contribution in [0.5, 0.6) is 0 Å². The van der Waals surface area contributed by atoms with Gasteiger partial charge in [-0.2, -0.15) is 0 Å². The number of anilines is 6. The normalized spacial score (nSPS) is 13.5. The molecule has 0 radical (unpaired) electrons. The van der Waals surface area contributed by atoms with E-state index in [-0.39, 0.29) is 27.1 Å². The van der Waals surface area contributed by atoms with Gasteiger partial charge in [-0.05, 0) is 166 Å². The van der Waals surface area contributed by atoms with Crippen LogP contribution >= 0.6 is 0 Å². The van der Waals surface area contributed by atoms with Gasteiger partial charge >= 0.3 is 0 Å². The van der Waals surface area contributed by atoms with Crippen molar-refractivity contribution in [3.05, 3.63) is 317 Å². The van der Waals surface area contributed by atoms with Crippen molar-refractivity contribution in [1.29, 1.82) is 0 Å². The lowest BCUT2D eigenvalue weighted by Gasteiger charge is -2.37. The average Bonchev–Trinajstić information content (AvgIpc) is 1.50. The van der Waals surface area contributed by atoms with E-state index in [9.17, 15) is 0 Å². The fraction of sp³-hybridized carbons (Fsp3) is 0.234. The van der Waals surface area contributed by atoms with Crippen molar-refractivity contribution in [3.63, 3.8) is 0 Å². The molecule has 2 aromatic heterocycles. The van der Waals surface area contributed by atoms with Gasteiger partial charge in [-0.15, -0.1) is 0 Å². The molecule has 14 aromatic rings. The average molecular weight is 1310 g/mol. The number of hydrogen-bond donors (Lipinski definition) is 0. The van der Waals surface area contributed by atoms with Gasteiger partial charge in [0.15, 0.2) is 0 Å². The molecule has 5 heteroatoms. The van der Waals surface area contributed by atoms with Gasteiger partial charge in [0.25, 0.3) is 0 Å². The molecule has 0 saturated carbocycles. The van der Waals surface area contributed by atoms with E-state index in [2.05, 4.69) is 387 Å². The SMILES string of the molecule is CC(C)(C)c1ccc(N(c2ccccc2)c2cc3c(c4oc5ccccc5c24)-c2c(cc(N(c4ccccc4)c4ccc(C(C)(C)C)cc4)c4c2oc2ccccc24)C3(c2ccc(C(C)(C)C)cc2)c2ccc([Si](C)(c3ccc(C(C)(C)C)cc3)c3ccc(C(C)(C)C)cc3)cc2)cc1. The lowest BCUT2D eigenvalue weighted by atomic mass is 9.67. The third-order valence-electron chi connectivity index (χ3n) is 21.5. The van der Waals surface area contributed by atoms with Gasteiger partial charge < -0.3 is 18.6 Å². The maximum atomic E-state index is 7.73. The summed E-state index contributed by atoms with van der Waals surface area (Å²) in [4.78, 5) is 4.95. The van der Waals surface area contributed by atoms with E-state index in [0.29, 0.717) is 0 Å². The molecule has 0 aliphatic heterocycles. The highest BCUT2D eigenvalue weighted by Gasteiger charge is 2.51. The zero-order valence-electron chi connectivity index (χ0n) is 60.6. The number of hydrogen-bond acceptors (Lipinski definition) is 4. The third-order valence-corrected chi connectivity index (χ3v) is 26.0. The third kappa shape index (κ3) is 10.9. The summed E-state index contributed by atoms with van der Waals surface area (Å²) in [7, 11) is -2.76. The van der Waals surface area contributed by atoms with Gasteiger partial charge in [0.1, 0.15) is 30.4 Å². The summed E-state index contributed by atoms with van der Waals surface area (Å²) in [5.41, 5.74) is 21.2. The molecule has 0 fully saturated rings. The Balaban J connectivity index is 1.12. The second-order valence-electron chi connectivity index (χ2n) is 33.1. The van der Waals surface area contributed by atoms with Crippen LogP contribution in [0.15, 0.2) is 276 Å². The highest BCUT2D eigenvalue weighted by molar-refractivity contribution is 7.10. The Labute approximate surface area is 587 Å². The predicted molar refractivity (Wildman–Crippen MR) is 425 cm³/mol. The zero-order chi connectivity index (χ0) is 69.3. The number of rotatable bonds is 11. The summed E-state index contributed by atoms with van der Waals surface area (Å²) in [6, 6.07) is 102. The molecule has 494 valence electrons. The van der Waals surface area contributed by atoms with Crippen LogP contribution in [0.1, 0.15) is 154 Å². The fourth-order valence-corrected chi connectivity index (χ4v) is 19.2. The molecule has 15 rings (SSSR count). The van der Waals surface area contributed by atoms with Crippen molar-refractivity contribution in [1.82, 2.24) is 0 Å². The molecule has 0 amide bonds. The second kappa shape index (κ2) is 23.6. The monoisotopic (exact) mass is 1310 g/mol. The van der Waals surface area contributed by atoms with Gasteiger partial charge in [0, 0.05) is 44.6 Å². The minimum Gasteiger partial charge on any atom is -0.455 e. The van der Waals surface area contributed by atoms with Crippen molar-refractivity contribution >= 4 is 102 Å². The van der Waals surface area contributed by atoms with Crippen LogP contribution in [0.4, 0.5) is 34.1 Å². The van der Waals surface area contributed by atoms with E-state index >= 15 is 0 Å². The number of benzene rings is 12. The van der Waals surface area contributed by atoms with Crippen LogP contribution in [-0.2, 0) is 32.5 Å². The standard InChI is InChI=1S/C94H92N2O2Si/c1-89(2,3)61-35-37-66(38-36-61)94(67-47-57-74(58-48-67)99(16,72-53-43-64(44-54-72)92(10,11)12)73-55-45-65(46-56-73)93(13,14)15)77-59-79(95(68-27-19-17-20-28-68)70-49-39-62(40-50-70)90(4,5)6)83-75-31-23-25-33-81(75)97-87(83)85(77)86-78(94)60-80(84-76-32-24-26-34-82(76)98-88(84)86)96(69-29-21-18-22-30-69)71-51-41-63(42-52-71)91(7,8)9/h17-60H,1-16H3. The summed E-state index contributed by atoms with van der Waals surface area (Å²) in [5, 5.41) is 8.22. The first-order valence-corrected chi connectivity index (χ1v) is 38.0. The molecule has 4 nitrogen and oxygen atoms in total. The molecule has 0 saturated heterocycles. The van der Waals surface area contributed by atoms with Crippen LogP contribution in [-0.4, -0.2) is 8.07 Å². The predicted octanol–water partition coefficient (Wildman–Crippen LogP) is 24.4. The molecule has 1 aliphatic rings. The molecular weight excluding hydrogens is 1220 g/mol. The van der Waals surface area contributed by atoms with Crippen LogP contribution in [0.2, 0.25) is 6.55 Å². The van der Waals surface area contributed by atoms with Crippen molar-refractivity contribution in [2.75, 3.05) is 9.80 Å². The lowest BCUT2D eigenvalue weighted by molar-refractivity contribution is 0.589. The molecule has 0 bridgehead atoms. The minimum atomic E-state index is -2.76. The number of furan rings is 2. The number of para-hydroxylation sites is 4. The van der Waals surface area contributed by atoms with Gasteiger partial charge in [0.05, 0.1) is 27.6 Å². The maximum absolute atomic E-state index is 7.73. The molecule has 0 atom stereocenters.